The van der Waals surface area contributed by atoms with E-state index in [2.05, 4.69) is 24.1 Å². The smallest absolute Gasteiger partial charge is 0.237 e. The Bertz CT molecular complexity index is 235. The molecule has 0 aromatic heterocycles. The second-order valence-corrected chi connectivity index (χ2v) is 4.50. The summed E-state index contributed by atoms with van der Waals surface area (Å²) in [6.07, 6.45) is 4.51. The van der Waals surface area contributed by atoms with Crippen LogP contribution in [0.3, 0.4) is 0 Å². The number of hydrogen-bond acceptors (Lipinski definition) is 2. The number of hydrogen-bond donors (Lipinski definition) is 1. The fraction of sp³-hybridized carbons (Fsp3) is 0.909. The lowest BCUT2D eigenvalue weighted by Gasteiger charge is -2.47. The molecule has 0 saturated carbocycles. The Morgan fingerprint density at radius 3 is 2.86 bits per heavy atom. The van der Waals surface area contributed by atoms with Crippen molar-refractivity contribution in [2.75, 3.05) is 13.1 Å². The average Bonchev–Trinajstić information content (AvgIpc) is 2.70. The standard InChI is InChI=1S/C11H20N2O/c1-3-11(4-2)8-12-10(14)9-6-5-7-13(9)11/h9H,3-8H2,1-2H3,(H,12,14). The Labute approximate surface area is 85.8 Å². The fourth-order valence-corrected chi connectivity index (χ4v) is 2.98. The summed E-state index contributed by atoms with van der Waals surface area (Å²) in [6.45, 7) is 6.42. The first-order valence-electron chi connectivity index (χ1n) is 5.78. The number of piperazine rings is 1. The molecule has 0 aromatic carbocycles. The van der Waals surface area contributed by atoms with Crippen LogP contribution >= 0.6 is 0 Å². The monoisotopic (exact) mass is 196 g/mol. The first-order chi connectivity index (χ1) is 6.73. The highest BCUT2D eigenvalue weighted by Gasteiger charge is 2.46. The quantitative estimate of drug-likeness (QED) is 0.718. The van der Waals surface area contributed by atoms with E-state index in [4.69, 9.17) is 0 Å². The third-order valence-electron chi connectivity index (χ3n) is 4.07. The van der Waals surface area contributed by atoms with Crippen molar-refractivity contribution in [1.29, 1.82) is 0 Å². The van der Waals surface area contributed by atoms with E-state index in [1.807, 2.05) is 0 Å². The lowest BCUT2D eigenvalue weighted by molar-refractivity contribution is -0.133. The molecule has 1 amide bonds. The number of nitrogens with one attached hydrogen (secondary N) is 1. The molecule has 2 aliphatic rings. The van der Waals surface area contributed by atoms with Crippen LogP contribution in [-0.2, 0) is 4.79 Å². The molecular formula is C11H20N2O. The molecule has 3 nitrogen and oxygen atoms in total. The molecule has 2 heterocycles. The van der Waals surface area contributed by atoms with Crippen molar-refractivity contribution in [2.24, 2.45) is 0 Å². The topological polar surface area (TPSA) is 32.3 Å². The second kappa shape index (κ2) is 3.54. The van der Waals surface area contributed by atoms with E-state index in [0.717, 1.165) is 32.4 Å². The predicted molar refractivity (Wildman–Crippen MR) is 56.1 cm³/mol. The van der Waals surface area contributed by atoms with Crippen LogP contribution in [0.5, 0.6) is 0 Å². The second-order valence-electron chi connectivity index (χ2n) is 4.50. The number of amides is 1. The van der Waals surface area contributed by atoms with E-state index >= 15 is 0 Å². The summed E-state index contributed by atoms with van der Waals surface area (Å²) >= 11 is 0. The molecule has 14 heavy (non-hydrogen) atoms. The zero-order valence-corrected chi connectivity index (χ0v) is 9.18. The van der Waals surface area contributed by atoms with Gasteiger partial charge in [0.25, 0.3) is 0 Å². The highest BCUT2D eigenvalue weighted by molar-refractivity contribution is 5.83. The van der Waals surface area contributed by atoms with Gasteiger partial charge in [-0.15, -0.1) is 0 Å². The van der Waals surface area contributed by atoms with Gasteiger partial charge in [0.1, 0.15) is 0 Å². The number of carbonyl (C=O) groups excluding carboxylic acids is 1. The SMILES string of the molecule is CCC1(CC)CNC(=O)C2CCCN21. The van der Waals surface area contributed by atoms with Crippen molar-refractivity contribution in [2.45, 2.75) is 51.1 Å². The van der Waals surface area contributed by atoms with Gasteiger partial charge in [-0.3, -0.25) is 9.69 Å². The van der Waals surface area contributed by atoms with Crippen LogP contribution in [0.25, 0.3) is 0 Å². The fourth-order valence-electron chi connectivity index (χ4n) is 2.98. The number of carbonyl (C=O) groups is 1. The van der Waals surface area contributed by atoms with Gasteiger partial charge in [-0.2, -0.15) is 0 Å². The molecular weight excluding hydrogens is 176 g/mol. The Kier molecular flexibility index (Phi) is 2.52. The van der Waals surface area contributed by atoms with Crippen molar-refractivity contribution in [3.05, 3.63) is 0 Å². The molecule has 0 spiro atoms. The maximum absolute atomic E-state index is 11.6. The van der Waals surface area contributed by atoms with Crippen LogP contribution in [0, 0.1) is 0 Å². The third-order valence-corrected chi connectivity index (χ3v) is 4.07. The lowest BCUT2D eigenvalue weighted by Crippen LogP contribution is -2.65. The summed E-state index contributed by atoms with van der Waals surface area (Å²) in [4.78, 5) is 14.1. The first kappa shape index (κ1) is 9.97. The summed E-state index contributed by atoms with van der Waals surface area (Å²) in [7, 11) is 0. The maximum atomic E-state index is 11.6. The van der Waals surface area contributed by atoms with Crippen LogP contribution in [0.4, 0.5) is 0 Å². The summed E-state index contributed by atoms with van der Waals surface area (Å²) in [5.41, 5.74) is 0.245. The molecule has 3 heteroatoms. The Hall–Kier alpha value is -0.570. The van der Waals surface area contributed by atoms with Crippen LogP contribution in [0.2, 0.25) is 0 Å². The number of fused-ring (bicyclic) bond motifs is 1. The molecule has 0 aliphatic carbocycles. The Balaban J connectivity index is 2.24. The third kappa shape index (κ3) is 1.26. The minimum Gasteiger partial charge on any atom is -0.353 e. The van der Waals surface area contributed by atoms with E-state index in [-0.39, 0.29) is 17.5 Å². The number of nitrogens with zero attached hydrogens (tertiary/aromatic N) is 1. The molecule has 1 unspecified atom stereocenters. The predicted octanol–water partition coefficient (Wildman–Crippen LogP) is 1.14. The maximum Gasteiger partial charge on any atom is 0.237 e. The molecule has 2 fully saturated rings. The highest BCUT2D eigenvalue weighted by atomic mass is 16.2. The zero-order valence-electron chi connectivity index (χ0n) is 9.18. The summed E-state index contributed by atoms with van der Waals surface area (Å²) in [5.74, 6) is 0.250. The molecule has 2 rings (SSSR count). The van der Waals surface area contributed by atoms with Gasteiger partial charge in [0.2, 0.25) is 5.91 Å². The molecule has 0 radical (unpaired) electrons. The van der Waals surface area contributed by atoms with Crippen molar-refractivity contribution >= 4 is 5.91 Å². The molecule has 2 saturated heterocycles. The normalized spacial score (nSPS) is 31.3. The van der Waals surface area contributed by atoms with Gasteiger partial charge in [0, 0.05) is 12.1 Å². The molecule has 0 aromatic rings. The number of rotatable bonds is 2. The Morgan fingerprint density at radius 2 is 2.21 bits per heavy atom. The summed E-state index contributed by atoms with van der Waals surface area (Å²) < 4.78 is 0. The molecule has 1 atom stereocenters. The zero-order chi connectivity index (χ0) is 10.2. The van der Waals surface area contributed by atoms with E-state index in [9.17, 15) is 4.79 Å². The molecule has 1 N–H and O–H groups in total. The van der Waals surface area contributed by atoms with Crippen molar-refractivity contribution in [1.82, 2.24) is 10.2 Å². The van der Waals surface area contributed by atoms with E-state index < -0.39 is 0 Å². The van der Waals surface area contributed by atoms with E-state index in [1.54, 1.807) is 0 Å². The minimum absolute atomic E-state index is 0.170. The van der Waals surface area contributed by atoms with Crippen molar-refractivity contribution < 1.29 is 4.79 Å². The van der Waals surface area contributed by atoms with Crippen molar-refractivity contribution in [3.8, 4) is 0 Å². The average molecular weight is 196 g/mol. The first-order valence-corrected chi connectivity index (χ1v) is 5.78. The van der Waals surface area contributed by atoms with Gasteiger partial charge < -0.3 is 5.32 Å². The van der Waals surface area contributed by atoms with Crippen LogP contribution in [-0.4, -0.2) is 35.5 Å². The van der Waals surface area contributed by atoms with Gasteiger partial charge in [-0.25, -0.2) is 0 Å². The lowest BCUT2D eigenvalue weighted by atomic mass is 9.87. The van der Waals surface area contributed by atoms with E-state index in [0.29, 0.717) is 0 Å². The summed E-state index contributed by atoms with van der Waals surface area (Å²) in [6, 6.07) is 0.170. The van der Waals surface area contributed by atoms with Gasteiger partial charge in [0.15, 0.2) is 0 Å². The molecule has 80 valence electrons. The van der Waals surface area contributed by atoms with Gasteiger partial charge in [-0.05, 0) is 32.2 Å². The molecule has 2 aliphatic heterocycles. The minimum atomic E-state index is 0.170. The van der Waals surface area contributed by atoms with Crippen LogP contribution < -0.4 is 5.32 Å². The van der Waals surface area contributed by atoms with Gasteiger partial charge >= 0.3 is 0 Å². The summed E-state index contributed by atoms with van der Waals surface area (Å²) in [5, 5.41) is 3.07. The highest BCUT2D eigenvalue weighted by Crippen LogP contribution is 2.34. The van der Waals surface area contributed by atoms with Gasteiger partial charge in [0.05, 0.1) is 6.04 Å². The van der Waals surface area contributed by atoms with E-state index in [1.165, 1.54) is 6.42 Å². The van der Waals surface area contributed by atoms with Crippen molar-refractivity contribution in [3.63, 3.8) is 0 Å². The largest absolute Gasteiger partial charge is 0.353 e. The molecule has 0 bridgehead atoms. The Morgan fingerprint density at radius 1 is 1.50 bits per heavy atom. The van der Waals surface area contributed by atoms with Gasteiger partial charge in [-0.1, -0.05) is 13.8 Å². The van der Waals surface area contributed by atoms with Crippen LogP contribution in [0.15, 0.2) is 0 Å². The van der Waals surface area contributed by atoms with Crippen LogP contribution in [0.1, 0.15) is 39.5 Å².